The Hall–Kier alpha value is -1.99. The van der Waals surface area contributed by atoms with Crippen molar-refractivity contribution in [2.45, 2.75) is 6.42 Å². The zero-order valence-electron chi connectivity index (χ0n) is 10.3. The van der Waals surface area contributed by atoms with Gasteiger partial charge in [-0.05, 0) is 11.6 Å². The van der Waals surface area contributed by atoms with Crippen LogP contribution in [0.1, 0.15) is 5.56 Å². The molecular weight excluding hydrogens is 258 g/mol. The van der Waals surface area contributed by atoms with Crippen LogP contribution in [0.5, 0.6) is 5.75 Å². The smallest absolute Gasteiger partial charge is 0.492 e. The van der Waals surface area contributed by atoms with Gasteiger partial charge in [-0.15, -0.1) is 0 Å². The molecule has 0 radical (unpaired) electrons. The highest BCUT2D eigenvalue weighted by molar-refractivity contribution is 6.73. The van der Waals surface area contributed by atoms with E-state index in [4.69, 9.17) is 4.74 Å². The highest BCUT2D eigenvalue weighted by Gasteiger charge is 2.26. The minimum absolute atomic E-state index is 0.126. The van der Waals surface area contributed by atoms with E-state index in [0.717, 1.165) is 17.8 Å². The Labute approximate surface area is 108 Å². The van der Waals surface area contributed by atoms with Crippen molar-refractivity contribution >= 4 is 12.4 Å². The number of pyridine rings is 1. The maximum atomic E-state index is 12.5. The van der Waals surface area contributed by atoms with Gasteiger partial charge in [0, 0.05) is 25.9 Å². The molecule has 8 heteroatoms. The molecule has 0 atom stereocenters. The molecule has 0 fully saturated rings. The number of aromatic nitrogens is 3. The number of aryl methyl sites for hydroxylation is 1. The molecule has 0 aliphatic heterocycles. The third-order valence-corrected chi connectivity index (χ3v) is 2.53. The van der Waals surface area contributed by atoms with Crippen LogP contribution in [0.15, 0.2) is 30.9 Å². The molecule has 4 nitrogen and oxygen atoms in total. The lowest BCUT2D eigenvalue weighted by Gasteiger charge is -2.15. The van der Waals surface area contributed by atoms with E-state index < -0.39 is 12.4 Å². The zero-order chi connectivity index (χ0) is 13.9. The lowest BCUT2D eigenvalue weighted by atomic mass is 9.81. The van der Waals surface area contributed by atoms with Gasteiger partial charge in [0.2, 0.25) is 0 Å². The van der Waals surface area contributed by atoms with Gasteiger partial charge in [-0.25, -0.2) is 0 Å². The van der Waals surface area contributed by atoms with Crippen molar-refractivity contribution in [3.8, 4) is 5.75 Å². The van der Waals surface area contributed by atoms with Crippen molar-refractivity contribution < 1.29 is 17.7 Å². The first-order chi connectivity index (χ1) is 8.95. The van der Waals surface area contributed by atoms with Gasteiger partial charge in [-0.3, -0.25) is 9.67 Å². The summed E-state index contributed by atoms with van der Waals surface area (Å²) in [5.74, 6) is 0.126. The molecule has 0 amide bonds. The summed E-state index contributed by atoms with van der Waals surface area (Å²) in [6.07, 6.45) is 6.17. The van der Waals surface area contributed by atoms with Crippen LogP contribution in [0.2, 0.25) is 0 Å². The van der Waals surface area contributed by atoms with E-state index in [0.29, 0.717) is 6.42 Å². The normalized spacial score (nSPS) is 11.6. The van der Waals surface area contributed by atoms with Gasteiger partial charge < -0.3 is 17.7 Å². The van der Waals surface area contributed by atoms with Crippen LogP contribution in [0.4, 0.5) is 12.9 Å². The van der Waals surface area contributed by atoms with Crippen molar-refractivity contribution in [1.29, 1.82) is 0 Å². The average molecular weight is 270 g/mol. The lowest BCUT2D eigenvalue weighted by molar-refractivity contribution is 0.320. The Balaban J connectivity index is 1.93. The van der Waals surface area contributed by atoms with Gasteiger partial charge in [-0.1, -0.05) is 5.46 Å². The molecule has 0 spiro atoms. The summed E-state index contributed by atoms with van der Waals surface area (Å²) < 4.78 is 44.5. The second kappa shape index (κ2) is 5.33. The van der Waals surface area contributed by atoms with Crippen molar-refractivity contribution in [1.82, 2.24) is 14.8 Å². The first-order valence-electron chi connectivity index (χ1n) is 5.70. The van der Waals surface area contributed by atoms with Crippen LogP contribution in [0.3, 0.4) is 0 Å². The molecule has 0 saturated carbocycles. The summed E-state index contributed by atoms with van der Waals surface area (Å²) >= 11 is 0. The van der Waals surface area contributed by atoms with E-state index >= 15 is 0 Å². The summed E-state index contributed by atoms with van der Waals surface area (Å²) in [7, 11) is 1.79. The van der Waals surface area contributed by atoms with Crippen LogP contribution < -0.4 is 10.2 Å². The van der Waals surface area contributed by atoms with Crippen LogP contribution in [-0.2, 0) is 13.5 Å². The Morgan fingerprint density at radius 3 is 2.68 bits per heavy atom. The minimum atomic E-state index is -5.04. The summed E-state index contributed by atoms with van der Waals surface area (Å²) in [6, 6.07) is 0.968. The highest BCUT2D eigenvalue weighted by atomic mass is 19.4. The molecule has 0 saturated heterocycles. The highest BCUT2D eigenvalue weighted by Crippen LogP contribution is 2.13. The molecule has 2 heterocycles. The van der Waals surface area contributed by atoms with Crippen LogP contribution in [0.25, 0.3) is 0 Å². The van der Waals surface area contributed by atoms with E-state index in [9.17, 15) is 12.9 Å². The maximum absolute atomic E-state index is 12.5. The summed E-state index contributed by atoms with van der Waals surface area (Å²) in [4.78, 5) is 3.54. The number of hydrogen-bond acceptors (Lipinski definition) is 3. The standard InChI is InChI=1S/C11H12BF3N3O/c1-18-8-9(5-17-18)2-3-19-11-4-10(6-16-7-11)12(13,14)15/h4-8H,2-3H2,1H3/q-1. The second-order valence-electron chi connectivity index (χ2n) is 4.15. The number of ether oxygens (including phenoxy) is 1. The fourth-order valence-electron chi connectivity index (χ4n) is 1.58. The SMILES string of the molecule is Cn1cc(CCOc2cncc([B-](F)(F)F)c2)cn1. The molecule has 0 aliphatic rings. The quantitative estimate of drug-likeness (QED) is 0.773. The van der Waals surface area contributed by atoms with Crippen molar-refractivity contribution in [3.63, 3.8) is 0 Å². The zero-order valence-corrected chi connectivity index (χ0v) is 10.3. The molecule has 0 bridgehead atoms. The molecule has 102 valence electrons. The average Bonchev–Trinajstić information content (AvgIpc) is 2.74. The number of nitrogens with zero attached hydrogens (tertiary/aromatic N) is 3. The Kier molecular flexibility index (Phi) is 3.78. The first-order valence-corrected chi connectivity index (χ1v) is 5.70. The van der Waals surface area contributed by atoms with Gasteiger partial charge in [0.25, 0.3) is 0 Å². The molecular formula is C11H12BF3N3O-. The predicted molar refractivity (Wildman–Crippen MR) is 65.4 cm³/mol. The minimum Gasteiger partial charge on any atom is -0.492 e. The van der Waals surface area contributed by atoms with Crippen molar-refractivity contribution in [2.75, 3.05) is 6.61 Å². The third kappa shape index (κ3) is 3.74. The lowest BCUT2D eigenvalue weighted by Crippen LogP contribution is -2.34. The molecule has 2 aromatic rings. The first kappa shape index (κ1) is 13.4. The van der Waals surface area contributed by atoms with Gasteiger partial charge in [0.1, 0.15) is 5.75 Å². The van der Waals surface area contributed by atoms with E-state index in [2.05, 4.69) is 10.1 Å². The van der Waals surface area contributed by atoms with Crippen molar-refractivity contribution in [3.05, 3.63) is 36.4 Å². The van der Waals surface area contributed by atoms with Crippen LogP contribution in [0, 0.1) is 0 Å². The Morgan fingerprint density at radius 2 is 2.05 bits per heavy atom. The fourth-order valence-corrected chi connectivity index (χ4v) is 1.58. The van der Waals surface area contributed by atoms with E-state index in [-0.39, 0.29) is 12.4 Å². The fraction of sp³-hybridized carbons (Fsp3) is 0.273. The van der Waals surface area contributed by atoms with Crippen LogP contribution >= 0.6 is 0 Å². The molecule has 0 aromatic carbocycles. The van der Waals surface area contributed by atoms with Crippen molar-refractivity contribution in [2.24, 2.45) is 7.05 Å². The monoisotopic (exact) mass is 270 g/mol. The molecule has 19 heavy (non-hydrogen) atoms. The Morgan fingerprint density at radius 1 is 1.26 bits per heavy atom. The largest absolute Gasteiger partial charge is 0.511 e. The summed E-state index contributed by atoms with van der Waals surface area (Å²) in [5, 5.41) is 3.99. The number of hydrogen-bond donors (Lipinski definition) is 0. The maximum Gasteiger partial charge on any atom is 0.511 e. The summed E-state index contributed by atoms with van der Waals surface area (Å²) in [5.41, 5.74) is 0.213. The molecule has 0 aliphatic carbocycles. The van der Waals surface area contributed by atoms with Crippen LogP contribution in [-0.4, -0.2) is 28.3 Å². The Bertz CT molecular complexity index is 556. The molecule has 0 N–H and O–H groups in total. The predicted octanol–water partition coefficient (Wildman–Crippen LogP) is 1.49. The van der Waals surface area contributed by atoms with Gasteiger partial charge >= 0.3 is 6.98 Å². The number of halogens is 3. The van der Waals surface area contributed by atoms with E-state index in [1.807, 2.05) is 6.20 Å². The van der Waals surface area contributed by atoms with Gasteiger partial charge in [-0.2, -0.15) is 5.10 Å². The third-order valence-electron chi connectivity index (χ3n) is 2.53. The van der Waals surface area contributed by atoms with Gasteiger partial charge in [0.05, 0.1) is 19.0 Å². The van der Waals surface area contributed by atoms with E-state index in [1.165, 1.54) is 6.20 Å². The topological polar surface area (TPSA) is 39.9 Å². The van der Waals surface area contributed by atoms with E-state index in [1.54, 1.807) is 17.9 Å². The number of rotatable bonds is 5. The van der Waals surface area contributed by atoms with Gasteiger partial charge in [0.15, 0.2) is 0 Å². The second-order valence-corrected chi connectivity index (χ2v) is 4.15. The molecule has 2 rings (SSSR count). The molecule has 2 aromatic heterocycles. The molecule has 0 unspecified atom stereocenters. The summed E-state index contributed by atoms with van der Waals surface area (Å²) in [6.45, 7) is -4.76.